The van der Waals surface area contributed by atoms with E-state index in [9.17, 15) is 4.79 Å². The Kier molecular flexibility index (Phi) is 2.58. The van der Waals surface area contributed by atoms with Gasteiger partial charge in [0.1, 0.15) is 11.8 Å². The van der Waals surface area contributed by atoms with E-state index < -0.39 is 0 Å². The first-order valence-electron chi connectivity index (χ1n) is 5.77. The third-order valence-corrected chi connectivity index (χ3v) is 2.96. The van der Waals surface area contributed by atoms with E-state index in [0.717, 1.165) is 5.56 Å². The van der Waals surface area contributed by atoms with Crippen LogP contribution in [-0.4, -0.2) is 9.97 Å². The van der Waals surface area contributed by atoms with Crippen LogP contribution in [-0.2, 0) is 0 Å². The molecule has 0 aliphatic heterocycles. The standard InChI is InChI=1S/C15H9N3O/c16-9-14-12-8-11(10-4-2-1-3-5-10)15(19)18-13(12)6-7-17-14/h1-8H,(H,18,19). The second-order valence-electron chi connectivity index (χ2n) is 4.11. The minimum Gasteiger partial charge on any atom is -0.321 e. The van der Waals surface area contributed by atoms with E-state index in [1.54, 1.807) is 12.1 Å². The lowest BCUT2D eigenvalue weighted by Crippen LogP contribution is -2.09. The Morgan fingerprint density at radius 3 is 2.68 bits per heavy atom. The second-order valence-corrected chi connectivity index (χ2v) is 4.11. The summed E-state index contributed by atoms with van der Waals surface area (Å²) in [5.74, 6) is 0. The van der Waals surface area contributed by atoms with E-state index >= 15 is 0 Å². The van der Waals surface area contributed by atoms with Gasteiger partial charge in [-0.25, -0.2) is 4.98 Å². The highest BCUT2D eigenvalue weighted by atomic mass is 16.1. The lowest BCUT2D eigenvalue weighted by molar-refractivity contribution is 1.25. The third-order valence-electron chi connectivity index (χ3n) is 2.96. The summed E-state index contributed by atoms with van der Waals surface area (Å²) < 4.78 is 0. The van der Waals surface area contributed by atoms with Crippen molar-refractivity contribution >= 4 is 10.9 Å². The molecule has 0 amide bonds. The smallest absolute Gasteiger partial charge is 0.256 e. The zero-order chi connectivity index (χ0) is 13.2. The molecular formula is C15H9N3O. The number of nitrogens with one attached hydrogen (secondary N) is 1. The molecule has 0 saturated heterocycles. The molecule has 0 saturated carbocycles. The van der Waals surface area contributed by atoms with Crippen molar-refractivity contribution < 1.29 is 0 Å². The maximum Gasteiger partial charge on any atom is 0.256 e. The molecule has 0 fully saturated rings. The molecule has 0 spiro atoms. The van der Waals surface area contributed by atoms with Gasteiger partial charge in [0, 0.05) is 17.1 Å². The lowest BCUT2D eigenvalue weighted by atomic mass is 10.0. The first-order valence-corrected chi connectivity index (χ1v) is 5.77. The number of rotatable bonds is 1. The van der Waals surface area contributed by atoms with Crippen LogP contribution in [0.1, 0.15) is 5.69 Å². The average molecular weight is 247 g/mol. The summed E-state index contributed by atoms with van der Waals surface area (Å²) in [7, 11) is 0. The number of hydrogen-bond donors (Lipinski definition) is 1. The van der Waals surface area contributed by atoms with Crippen LogP contribution in [0.4, 0.5) is 0 Å². The van der Waals surface area contributed by atoms with Crippen LogP contribution in [0.2, 0.25) is 0 Å². The van der Waals surface area contributed by atoms with Crippen LogP contribution >= 0.6 is 0 Å². The fourth-order valence-electron chi connectivity index (χ4n) is 2.05. The zero-order valence-electron chi connectivity index (χ0n) is 9.92. The number of pyridine rings is 2. The Morgan fingerprint density at radius 1 is 1.16 bits per heavy atom. The molecule has 1 aromatic carbocycles. The Labute approximate surface area is 109 Å². The number of hydrogen-bond acceptors (Lipinski definition) is 3. The molecule has 3 aromatic rings. The summed E-state index contributed by atoms with van der Waals surface area (Å²) in [5, 5.41) is 9.72. The van der Waals surface area contributed by atoms with Crippen molar-refractivity contribution in [1.82, 2.24) is 9.97 Å². The molecule has 0 atom stereocenters. The number of aromatic amines is 1. The molecule has 0 unspecified atom stereocenters. The topological polar surface area (TPSA) is 69.5 Å². The molecule has 0 aliphatic rings. The summed E-state index contributed by atoms with van der Waals surface area (Å²) in [4.78, 5) is 18.9. The highest BCUT2D eigenvalue weighted by molar-refractivity contribution is 5.86. The first kappa shape index (κ1) is 11.2. The molecule has 2 aromatic heterocycles. The molecule has 90 valence electrons. The minimum atomic E-state index is -0.172. The van der Waals surface area contributed by atoms with Gasteiger partial charge in [-0.2, -0.15) is 5.26 Å². The van der Waals surface area contributed by atoms with Crippen LogP contribution in [0.25, 0.3) is 22.0 Å². The first-order chi connectivity index (χ1) is 9.29. The highest BCUT2D eigenvalue weighted by Crippen LogP contribution is 2.20. The molecule has 19 heavy (non-hydrogen) atoms. The molecule has 0 bridgehead atoms. The average Bonchev–Trinajstić information content (AvgIpc) is 2.46. The van der Waals surface area contributed by atoms with Gasteiger partial charge < -0.3 is 4.98 Å². The summed E-state index contributed by atoms with van der Waals surface area (Å²) in [6.07, 6.45) is 1.51. The van der Waals surface area contributed by atoms with Crippen LogP contribution < -0.4 is 5.56 Å². The Hall–Kier alpha value is -2.93. The maximum absolute atomic E-state index is 12.1. The number of benzene rings is 1. The van der Waals surface area contributed by atoms with Crippen molar-refractivity contribution in [2.24, 2.45) is 0 Å². The molecule has 3 rings (SSSR count). The number of nitriles is 1. The Bertz CT molecular complexity index is 845. The maximum atomic E-state index is 12.1. The van der Waals surface area contributed by atoms with Crippen molar-refractivity contribution in [3.63, 3.8) is 0 Å². The van der Waals surface area contributed by atoms with E-state index in [1.165, 1.54) is 6.20 Å². The van der Waals surface area contributed by atoms with Gasteiger partial charge in [-0.1, -0.05) is 30.3 Å². The molecule has 4 nitrogen and oxygen atoms in total. The summed E-state index contributed by atoms with van der Waals surface area (Å²) in [5.41, 5.74) is 2.12. The van der Waals surface area contributed by atoms with Gasteiger partial charge in [-0.3, -0.25) is 4.79 Å². The number of nitrogens with zero attached hydrogens (tertiary/aromatic N) is 2. The van der Waals surface area contributed by atoms with Crippen molar-refractivity contribution in [2.45, 2.75) is 0 Å². The van der Waals surface area contributed by atoms with E-state index in [-0.39, 0.29) is 5.56 Å². The molecule has 0 radical (unpaired) electrons. The molecular weight excluding hydrogens is 238 g/mol. The largest absolute Gasteiger partial charge is 0.321 e. The normalized spacial score (nSPS) is 10.3. The van der Waals surface area contributed by atoms with E-state index in [4.69, 9.17) is 5.26 Å². The van der Waals surface area contributed by atoms with Gasteiger partial charge in [0.2, 0.25) is 0 Å². The van der Waals surface area contributed by atoms with Crippen molar-refractivity contribution in [2.75, 3.05) is 0 Å². The van der Waals surface area contributed by atoms with Gasteiger partial charge in [0.15, 0.2) is 0 Å². The monoisotopic (exact) mass is 247 g/mol. The van der Waals surface area contributed by atoms with Crippen LogP contribution in [0, 0.1) is 11.3 Å². The quantitative estimate of drug-likeness (QED) is 0.718. The van der Waals surface area contributed by atoms with Crippen molar-refractivity contribution in [1.29, 1.82) is 5.26 Å². The molecule has 1 N–H and O–H groups in total. The van der Waals surface area contributed by atoms with Crippen molar-refractivity contribution in [3.8, 4) is 17.2 Å². The predicted octanol–water partition coefficient (Wildman–Crippen LogP) is 2.46. The van der Waals surface area contributed by atoms with Gasteiger partial charge in [0.25, 0.3) is 5.56 Å². The third kappa shape index (κ3) is 1.87. The fourth-order valence-corrected chi connectivity index (χ4v) is 2.05. The minimum absolute atomic E-state index is 0.172. The van der Waals surface area contributed by atoms with Crippen LogP contribution in [0.3, 0.4) is 0 Å². The second kappa shape index (κ2) is 4.39. The van der Waals surface area contributed by atoms with Gasteiger partial charge in [0.05, 0.1) is 5.52 Å². The molecule has 0 aliphatic carbocycles. The van der Waals surface area contributed by atoms with Gasteiger partial charge in [-0.15, -0.1) is 0 Å². The predicted molar refractivity (Wildman–Crippen MR) is 72.5 cm³/mol. The van der Waals surface area contributed by atoms with Gasteiger partial charge >= 0.3 is 0 Å². The van der Waals surface area contributed by atoms with Crippen LogP contribution in [0.15, 0.2) is 53.5 Å². The Morgan fingerprint density at radius 2 is 1.95 bits per heavy atom. The number of fused-ring (bicyclic) bond motifs is 1. The molecule has 4 heteroatoms. The van der Waals surface area contributed by atoms with E-state index in [0.29, 0.717) is 22.2 Å². The summed E-state index contributed by atoms with van der Waals surface area (Å²) >= 11 is 0. The van der Waals surface area contributed by atoms with Crippen molar-refractivity contribution in [3.05, 3.63) is 64.7 Å². The highest BCUT2D eigenvalue weighted by Gasteiger charge is 2.08. The number of H-pyrrole nitrogens is 1. The lowest BCUT2D eigenvalue weighted by Gasteiger charge is -2.04. The molecule has 2 heterocycles. The van der Waals surface area contributed by atoms with Crippen LogP contribution in [0.5, 0.6) is 0 Å². The Balaban J connectivity index is 2.37. The zero-order valence-corrected chi connectivity index (χ0v) is 9.92. The number of aromatic nitrogens is 2. The van der Waals surface area contributed by atoms with E-state index in [1.807, 2.05) is 36.4 Å². The summed E-state index contributed by atoms with van der Waals surface area (Å²) in [6.45, 7) is 0. The van der Waals surface area contributed by atoms with E-state index in [2.05, 4.69) is 9.97 Å². The SMILES string of the molecule is N#Cc1nccc2[nH]c(=O)c(-c3ccccc3)cc12. The fraction of sp³-hybridized carbons (Fsp3) is 0. The van der Waals surface area contributed by atoms with Gasteiger partial charge in [-0.05, 0) is 17.7 Å². The summed E-state index contributed by atoms with van der Waals surface area (Å²) in [6, 6.07) is 14.8.